The van der Waals surface area contributed by atoms with E-state index < -0.39 is 5.97 Å². The molecule has 0 unspecified atom stereocenters. The summed E-state index contributed by atoms with van der Waals surface area (Å²) in [4.78, 5) is 25.8. The van der Waals surface area contributed by atoms with Gasteiger partial charge in [0.15, 0.2) is 6.29 Å². The highest BCUT2D eigenvalue weighted by molar-refractivity contribution is 5.79. The van der Waals surface area contributed by atoms with Crippen molar-refractivity contribution in [2.75, 3.05) is 19.8 Å². The number of aryl methyl sites for hydroxylation is 1. The zero-order chi connectivity index (χ0) is 22.6. The van der Waals surface area contributed by atoms with Gasteiger partial charge < -0.3 is 19.5 Å². The Kier molecular flexibility index (Phi) is 10.2. The Morgan fingerprint density at radius 3 is 1.90 bits per heavy atom. The summed E-state index contributed by atoms with van der Waals surface area (Å²) in [7, 11) is 0. The number of ether oxygens (including phenoxy) is 2. The van der Waals surface area contributed by atoms with Crippen molar-refractivity contribution < 1.29 is 24.2 Å². The summed E-state index contributed by atoms with van der Waals surface area (Å²) in [5, 5.41) is 8.91. The highest BCUT2D eigenvalue weighted by atomic mass is 16.7. The van der Waals surface area contributed by atoms with Gasteiger partial charge >= 0.3 is 5.97 Å². The average Bonchev–Trinajstić information content (AvgIpc) is 2.73. The molecule has 168 valence electrons. The lowest BCUT2D eigenvalue weighted by molar-refractivity contribution is -0.146. The largest absolute Gasteiger partial charge is 0.481 e. The summed E-state index contributed by atoms with van der Waals surface area (Å²) in [5.74, 6) is -0.857. The summed E-state index contributed by atoms with van der Waals surface area (Å²) in [6.07, 6.45) is 0.493. The number of carboxylic acid groups (broad SMARTS) is 1. The monoisotopic (exact) mass is 427 g/mol. The normalized spacial score (nSPS) is 11.0. The van der Waals surface area contributed by atoms with Crippen molar-refractivity contribution in [2.24, 2.45) is 0 Å². The Morgan fingerprint density at radius 2 is 1.39 bits per heavy atom. The van der Waals surface area contributed by atoms with Crippen molar-refractivity contribution in [3.8, 4) is 0 Å². The maximum Gasteiger partial charge on any atom is 0.307 e. The van der Waals surface area contributed by atoms with Crippen molar-refractivity contribution in [1.29, 1.82) is 0 Å². The highest BCUT2D eigenvalue weighted by Crippen LogP contribution is 2.13. The fourth-order valence-corrected chi connectivity index (χ4v) is 3.29. The van der Waals surface area contributed by atoms with E-state index in [1.165, 1.54) is 5.56 Å². The van der Waals surface area contributed by atoms with Crippen LogP contribution in [0.2, 0.25) is 0 Å². The minimum absolute atomic E-state index is 0.0123. The van der Waals surface area contributed by atoms with E-state index in [1.54, 1.807) is 12.1 Å². The molecular formula is C25H33NO5. The molecule has 6 nitrogen and oxygen atoms in total. The minimum Gasteiger partial charge on any atom is -0.481 e. The third kappa shape index (κ3) is 8.90. The predicted octanol–water partition coefficient (Wildman–Crippen LogP) is 3.98. The van der Waals surface area contributed by atoms with Crippen LogP contribution in [-0.2, 0) is 38.4 Å². The molecule has 0 heterocycles. The van der Waals surface area contributed by atoms with E-state index in [1.807, 2.05) is 62.1 Å². The summed E-state index contributed by atoms with van der Waals surface area (Å²) < 4.78 is 11.3. The fourth-order valence-electron chi connectivity index (χ4n) is 3.29. The fraction of sp³-hybridized carbons (Fsp3) is 0.440. The van der Waals surface area contributed by atoms with Crippen molar-refractivity contribution in [1.82, 2.24) is 4.90 Å². The van der Waals surface area contributed by atoms with Crippen LogP contribution in [0.3, 0.4) is 0 Å². The van der Waals surface area contributed by atoms with Gasteiger partial charge in [0.2, 0.25) is 5.91 Å². The summed E-state index contributed by atoms with van der Waals surface area (Å²) in [6, 6.07) is 15.3. The molecular weight excluding hydrogens is 394 g/mol. The molecule has 0 bridgehead atoms. The first-order valence-corrected chi connectivity index (χ1v) is 10.8. The lowest BCUT2D eigenvalue weighted by Gasteiger charge is -2.26. The number of rotatable bonds is 13. The number of carbonyl (C=O) groups is 2. The van der Waals surface area contributed by atoms with Gasteiger partial charge in [-0.05, 0) is 37.5 Å². The second-order valence-corrected chi connectivity index (χ2v) is 7.49. The summed E-state index contributed by atoms with van der Waals surface area (Å²) in [6.45, 7) is 8.04. The van der Waals surface area contributed by atoms with E-state index in [9.17, 15) is 9.59 Å². The van der Waals surface area contributed by atoms with E-state index in [0.717, 1.165) is 16.7 Å². The van der Waals surface area contributed by atoms with Gasteiger partial charge in [0, 0.05) is 32.7 Å². The Morgan fingerprint density at radius 1 is 0.871 bits per heavy atom. The first-order valence-electron chi connectivity index (χ1n) is 10.8. The molecule has 0 radical (unpaired) electrons. The lowest BCUT2D eigenvalue weighted by Crippen LogP contribution is -2.35. The standard InChI is InChI=1S/C25H33NO5/c1-4-30-25(31-5-2)14-15-26(18-22-8-6-19(3)7-9-22)23(27)16-20-10-12-21(13-11-20)17-24(28)29/h6-13,25H,4-5,14-18H2,1-3H3,(H,28,29). The molecule has 1 N–H and O–H groups in total. The molecule has 0 atom stereocenters. The van der Waals surface area contributed by atoms with E-state index >= 15 is 0 Å². The average molecular weight is 428 g/mol. The smallest absolute Gasteiger partial charge is 0.307 e. The second kappa shape index (κ2) is 12.9. The quantitative estimate of drug-likeness (QED) is 0.489. The third-order valence-corrected chi connectivity index (χ3v) is 4.92. The van der Waals surface area contributed by atoms with Crippen LogP contribution in [0.1, 0.15) is 42.5 Å². The van der Waals surface area contributed by atoms with Crippen molar-refractivity contribution in [2.45, 2.75) is 52.9 Å². The summed E-state index contributed by atoms with van der Waals surface area (Å²) >= 11 is 0. The molecule has 2 aromatic carbocycles. The number of carboxylic acids is 1. The molecule has 31 heavy (non-hydrogen) atoms. The SMILES string of the molecule is CCOC(CCN(Cc1ccc(C)cc1)C(=O)Cc1ccc(CC(=O)O)cc1)OCC. The molecule has 0 aliphatic rings. The molecule has 0 saturated carbocycles. The minimum atomic E-state index is -0.869. The zero-order valence-corrected chi connectivity index (χ0v) is 18.7. The van der Waals surface area contributed by atoms with Crippen LogP contribution in [0.15, 0.2) is 48.5 Å². The van der Waals surface area contributed by atoms with Gasteiger partial charge in [-0.3, -0.25) is 9.59 Å². The molecule has 0 aliphatic heterocycles. The molecule has 2 rings (SSSR count). The topological polar surface area (TPSA) is 76.1 Å². The van der Waals surface area contributed by atoms with Crippen LogP contribution in [0.25, 0.3) is 0 Å². The highest BCUT2D eigenvalue weighted by Gasteiger charge is 2.18. The zero-order valence-electron chi connectivity index (χ0n) is 18.7. The van der Waals surface area contributed by atoms with E-state index in [-0.39, 0.29) is 25.0 Å². The van der Waals surface area contributed by atoms with Gasteiger partial charge in [-0.25, -0.2) is 0 Å². The van der Waals surface area contributed by atoms with Gasteiger partial charge in [-0.2, -0.15) is 0 Å². The lowest BCUT2D eigenvalue weighted by atomic mass is 10.1. The van der Waals surface area contributed by atoms with Crippen LogP contribution in [-0.4, -0.2) is 47.9 Å². The molecule has 0 aliphatic carbocycles. The van der Waals surface area contributed by atoms with Crippen LogP contribution in [0.4, 0.5) is 0 Å². The number of nitrogens with zero attached hydrogens (tertiary/aromatic N) is 1. The molecule has 6 heteroatoms. The van der Waals surface area contributed by atoms with E-state index in [4.69, 9.17) is 14.6 Å². The number of carbonyl (C=O) groups excluding carboxylic acids is 1. The van der Waals surface area contributed by atoms with Crippen molar-refractivity contribution >= 4 is 11.9 Å². The predicted molar refractivity (Wildman–Crippen MR) is 120 cm³/mol. The van der Waals surface area contributed by atoms with Crippen molar-refractivity contribution in [3.63, 3.8) is 0 Å². The second-order valence-electron chi connectivity index (χ2n) is 7.49. The number of amides is 1. The molecule has 0 aromatic heterocycles. The van der Waals surface area contributed by atoms with Gasteiger partial charge in [0.1, 0.15) is 0 Å². The molecule has 0 saturated heterocycles. The van der Waals surface area contributed by atoms with Crippen LogP contribution < -0.4 is 0 Å². The number of hydrogen-bond acceptors (Lipinski definition) is 4. The number of aliphatic carboxylic acids is 1. The molecule has 0 fully saturated rings. The number of benzene rings is 2. The summed E-state index contributed by atoms with van der Waals surface area (Å²) in [5.41, 5.74) is 3.83. The Balaban J connectivity index is 2.08. The van der Waals surface area contributed by atoms with Crippen LogP contribution >= 0.6 is 0 Å². The number of hydrogen-bond donors (Lipinski definition) is 1. The van der Waals surface area contributed by atoms with E-state index in [0.29, 0.717) is 32.7 Å². The van der Waals surface area contributed by atoms with Crippen molar-refractivity contribution in [3.05, 3.63) is 70.8 Å². The van der Waals surface area contributed by atoms with Gasteiger partial charge in [0.25, 0.3) is 0 Å². The third-order valence-electron chi connectivity index (χ3n) is 4.92. The van der Waals surface area contributed by atoms with Gasteiger partial charge in [-0.15, -0.1) is 0 Å². The van der Waals surface area contributed by atoms with Gasteiger partial charge in [0.05, 0.1) is 12.8 Å². The molecule has 2 aromatic rings. The molecule has 0 spiro atoms. The first kappa shape index (κ1) is 24.6. The van der Waals surface area contributed by atoms with Crippen LogP contribution in [0.5, 0.6) is 0 Å². The molecule has 1 amide bonds. The van der Waals surface area contributed by atoms with Crippen LogP contribution in [0, 0.1) is 6.92 Å². The van der Waals surface area contributed by atoms with Gasteiger partial charge in [-0.1, -0.05) is 54.1 Å². The first-order chi connectivity index (χ1) is 14.9. The maximum atomic E-state index is 13.1. The van der Waals surface area contributed by atoms with E-state index in [2.05, 4.69) is 0 Å². The Bertz CT molecular complexity index is 811. The maximum absolute atomic E-state index is 13.1. The Hall–Kier alpha value is -2.70. The Labute approximate surface area is 184 Å².